The van der Waals surface area contributed by atoms with Gasteiger partial charge in [-0.15, -0.1) is 0 Å². The molecule has 0 N–H and O–H groups in total. The SMILES string of the molecule is O=C1CCOCC1CN1CCCN2CCCC2C1. The summed E-state index contributed by atoms with van der Waals surface area (Å²) in [5.74, 6) is 0.542. The van der Waals surface area contributed by atoms with Crippen LogP contribution in [0.5, 0.6) is 0 Å². The zero-order valence-electron chi connectivity index (χ0n) is 11.1. The molecule has 0 aromatic heterocycles. The predicted molar refractivity (Wildman–Crippen MR) is 69.6 cm³/mol. The second-order valence-corrected chi connectivity index (χ2v) is 5.93. The highest BCUT2D eigenvalue weighted by Crippen LogP contribution is 2.22. The highest BCUT2D eigenvalue weighted by atomic mass is 16.5. The van der Waals surface area contributed by atoms with E-state index in [9.17, 15) is 4.79 Å². The van der Waals surface area contributed by atoms with E-state index in [0.717, 1.165) is 25.7 Å². The van der Waals surface area contributed by atoms with Gasteiger partial charge in [-0.1, -0.05) is 0 Å². The van der Waals surface area contributed by atoms with Gasteiger partial charge in [-0.25, -0.2) is 0 Å². The molecular weight excluding hydrogens is 228 g/mol. The largest absolute Gasteiger partial charge is 0.380 e. The molecule has 18 heavy (non-hydrogen) atoms. The molecule has 4 nitrogen and oxygen atoms in total. The molecule has 3 aliphatic heterocycles. The average Bonchev–Trinajstić information content (AvgIpc) is 2.71. The maximum absolute atomic E-state index is 11.9. The van der Waals surface area contributed by atoms with Crippen LogP contribution >= 0.6 is 0 Å². The summed E-state index contributed by atoms with van der Waals surface area (Å²) in [5, 5.41) is 0. The van der Waals surface area contributed by atoms with Gasteiger partial charge >= 0.3 is 0 Å². The molecular formula is C14H24N2O2. The van der Waals surface area contributed by atoms with Crippen LogP contribution in [0.2, 0.25) is 0 Å². The molecule has 2 unspecified atom stereocenters. The lowest BCUT2D eigenvalue weighted by Crippen LogP contribution is -2.42. The molecule has 0 aromatic carbocycles. The summed E-state index contributed by atoms with van der Waals surface area (Å²) in [4.78, 5) is 17.0. The molecule has 102 valence electrons. The van der Waals surface area contributed by atoms with Crippen molar-refractivity contribution in [1.29, 1.82) is 0 Å². The van der Waals surface area contributed by atoms with Crippen molar-refractivity contribution in [3.05, 3.63) is 0 Å². The molecule has 3 saturated heterocycles. The van der Waals surface area contributed by atoms with E-state index in [-0.39, 0.29) is 5.92 Å². The summed E-state index contributed by atoms with van der Waals surface area (Å²) in [6.45, 7) is 7.03. The predicted octanol–water partition coefficient (Wildman–Crippen LogP) is 0.762. The zero-order chi connectivity index (χ0) is 12.4. The third kappa shape index (κ3) is 2.76. The Labute approximate surface area is 109 Å². The van der Waals surface area contributed by atoms with Crippen LogP contribution in [0.15, 0.2) is 0 Å². The number of hydrogen-bond acceptors (Lipinski definition) is 4. The number of ketones is 1. The maximum atomic E-state index is 11.9. The lowest BCUT2D eigenvalue weighted by Gasteiger charge is -2.30. The maximum Gasteiger partial charge on any atom is 0.141 e. The van der Waals surface area contributed by atoms with E-state index in [2.05, 4.69) is 9.80 Å². The summed E-state index contributed by atoms with van der Waals surface area (Å²) in [7, 11) is 0. The number of carbonyl (C=O) groups excluding carboxylic acids is 1. The number of rotatable bonds is 2. The van der Waals surface area contributed by atoms with Gasteiger partial charge in [0, 0.05) is 25.6 Å². The van der Waals surface area contributed by atoms with Gasteiger partial charge in [-0.2, -0.15) is 0 Å². The Kier molecular flexibility index (Phi) is 3.97. The third-order valence-electron chi connectivity index (χ3n) is 4.63. The fourth-order valence-corrected chi connectivity index (χ4v) is 3.61. The minimum absolute atomic E-state index is 0.131. The molecule has 0 aromatic rings. The Hall–Kier alpha value is -0.450. The molecule has 0 amide bonds. The summed E-state index contributed by atoms with van der Waals surface area (Å²) in [6.07, 6.45) is 4.56. The van der Waals surface area contributed by atoms with Crippen LogP contribution in [-0.2, 0) is 9.53 Å². The highest BCUT2D eigenvalue weighted by Gasteiger charge is 2.31. The molecule has 0 radical (unpaired) electrons. The first-order valence-corrected chi connectivity index (χ1v) is 7.40. The van der Waals surface area contributed by atoms with Gasteiger partial charge in [0.25, 0.3) is 0 Å². The first kappa shape index (κ1) is 12.6. The van der Waals surface area contributed by atoms with Crippen molar-refractivity contribution < 1.29 is 9.53 Å². The Morgan fingerprint density at radius 1 is 1.22 bits per heavy atom. The lowest BCUT2D eigenvalue weighted by molar-refractivity contribution is -0.131. The molecule has 3 aliphatic rings. The van der Waals surface area contributed by atoms with Crippen molar-refractivity contribution >= 4 is 5.78 Å². The zero-order valence-corrected chi connectivity index (χ0v) is 11.1. The molecule has 0 aliphatic carbocycles. The molecule has 0 spiro atoms. The molecule has 3 fully saturated rings. The van der Waals surface area contributed by atoms with E-state index in [1.54, 1.807) is 0 Å². The van der Waals surface area contributed by atoms with Crippen molar-refractivity contribution in [3.63, 3.8) is 0 Å². The summed E-state index contributed by atoms with van der Waals surface area (Å²) >= 11 is 0. The van der Waals surface area contributed by atoms with Crippen LogP contribution < -0.4 is 0 Å². The highest BCUT2D eigenvalue weighted by molar-refractivity contribution is 5.82. The van der Waals surface area contributed by atoms with Crippen LogP contribution in [0.3, 0.4) is 0 Å². The van der Waals surface area contributed by atoms with E-state index in [4.69, 9.17) is 4.74 Å². The second-order valence-electron chi connectivity index (χ2n) is 5.93. The average molecular weight is 252 g/mol. The van der Waals surface area contributed by atoms with Crippen LogP contribution in [0.4, 0.5) is 0 Å². The number of Topliss-reactive ketones (excluding diaryl/α,β-unsaturated/α-hetero) is 1. The molecule has 0 saturated carbocycles. The van der Waals surface area contributed by atoms with Crippen molar-refractivity contribution in [2.75, 3.05) is 45.9 Å². The monoisotopic (exact) mass is 252 g/mol. The van der Waals surface area contributed by atoms with E-state index < -0.39 is 0 Å². The van der Waals surface area contributed by atoms with Crippen LogP contribution in [0.1, 0.15) is 25.7 Å². The van der Waals surface area contributed by atoms with Gasteiger partial charge < -0.3 is 9.64 Å². The van der Waals surface area contributed by atoms with Crippen molar-refractivity contribution in [1.82, 2.24) is 9.80 Å². The van der Waals surface area contributed by atoms with E-state index in [1.807, 2.05) is 0 Å². The minimum Gasteiger partial charge on any atom is -0.380 e. The van der Waals surface area contributed by atoms with Gasteiger partial charge in [0.15, 0.2) is 0 Å². The minimum atomic E-state index is 0.131. The fraction of sp³-hybridized carbons (Fsp3) is 0.929. The molecule has 3 rings (SSSR count). The number of hydrogen-bond donors (Lipinski definition) is 0. The van der Waals surface area contributed by atoms with E-state index in [0.29, 0.717) is 25.4 Å². The summed E-state index contributed by atoms with van der Waals surface area (Å²) < 4.78 is 5.45. The van der Waals surface area contributed by atoms with E-state index in [1.165, 1.54) is 32.4 Å². The standard InChI is InChI=1S/C14H24N2O2/c17-14-4-8-18-11-12(14)9-15-5-2-7-16-6-1-3-13(16)10-15/h12-13H,1-11H2. The molecule has 0 bridgehead atoms. The molecule has 4 heteroatoms. The van der Waals surface area contributed by atoms with Gasteiger partial charge in [0.05, 0.1) is 19.1 Å². The Morgan fingerprint density at radius 3 is 3.00 bits per heavy atom. The van der Waals surface area contributed by atoms with Gasteiger partial charge in [-0.3, -0.25) is 9.69 Å². The van der Waals surface area contributed by atoms with Crippen LogP contribution in [0.25, 0.3) is 0 Å². The van der Waals surface area contributed by atoms with Crippen LogP contribution in [0, 0.1) is 5.92 Å². The number of carbonyl (C=O) groups is 1. The topological polar surface area (TPSA) is 32.8 Å². The lowest BCUT2D eigenvalue weighted by atomic mass is 9.99. The number of fused-ring (bicyclic) bond motifs is 1. The van der Waals surface area contributed by atoms with E-state index >= 15 is 0 Å². The number of ether oxygens (including phenoxy) is 1. The van der Waals surface area contributed by atoms with Crippen LogP contribution in [-0.4, -0.2) is 67.6 Å². The van der Waals surface area contributed by atoms with Crippen molar-refractivity contribution in [2.24, 2.45) is 5.92 Å². The fourth-order valence-electron chi connectivity index (χ4n) is 3.61. The Morgan fingerprint density at radius 2 is 2.11 bits per heavy atom. The smallest absolute Gasteiger partial charge is 0.141 e. The summed E-state index contributed by atoms with van der Waals surface area (Å²) in [6, 6.07) is 0.743. The third-order valence-corrected chi connectivity index (χ3v) is 4.63. The van der Waals surface area contributed by atoms with Crippen molar-refractivity contribution in [3.8, 4) is 0 Å². The second kappa shape index (κ2) is 5.68. The Bertz CT molecular complexity index is 308. The normalized spacial score (nSPS) is 35.4. The molecule has 2 atom stereocenters. The van der Waals surface area contributed by atoms with Gasteiger partial charge in [0.2, 0.25) is 0 Å². The molecule has 3 heterocycles. The first-order chi connectivity index (χ1) is 8.83. The van der Waals surface area contributed by atoms with Gasteiger partial charge in [-0.05, 0) is 38.9 Å². The Balaban J connectivity index is 1.56. The quantitative estimate of drug-likeness (QED) is 0.726. The summed E-state index contributed by atoms with van der Waals surface area (Å²) in [5.41, 5.74) is 0. The first-order valence-electron chi connectivity index (χ1n) is 7.40. The van der Waals surface area contributed by atoms with Crippen molar-refractivity contribution in [2.45, 2.75) is 31.7 Å². The number of nitrogens with zero attached hydrogens (tertiary/aromatic N) is 2. The van der Waals surface area contributed by atoms with Gasteiger partial charge in [0.1, 0.15) is 5.78 Å².